The first-order valence-corrected chi connectivity index (χ1v) is 13.2. The van der Waals surface area contributed by atoms with Gasteiger partial charge in [0.2, 0.25) is 0 Å². The summed E-state index contributed by atoms with van der Waals surface area (Å²) in [4.78, 5) is 21.2. The minimum absolute atomic E-state index is 0.0277. The molecule has 0 aliphatic heterocycles. The number of aromatic carboxylic acids is 2. The summed E-state index contributed by atoms with van der Waals surface area (Å²) in [5.74, 6) is -2.22. The maximum atomic E-state index is 10.6. The highest BCUT2D eigenvalue weighted by Crippen LogP contribution is 2.13. The Bertz CT molecular complexity index is 580. The Kier molecular flexibility index (Phi) is 51.2. The van der Waals surface area contributed by atoms with E-state index in [1.54, 1.807) is 0 Å². The van der Waals surface area contributed by atoms with Gasteiger partial charge in [-0.1, -0.05) is 18.9 Å². The van der Waals surface area contributed by atoms with Gasteiger partial charge in [0.1, 0.15) is 0 Å². The Morgan fingerprint density at radius 1 is 0.513 bits per heavy atom. The van der Waals surface area contributed by atoms with Gasteiger partial charge < -0.3 is 67.5 Å². The number of carboxylic acid groups (broad SMARTS) is 2. The largest absolute Gasteiger partial charge is 0.478 e. The third-order valence-electron chi connectivity index (χ3n) is 4.19. The lowest BCUT2D eigenvalue weighted by molar-refractivity contribution is 0.0696. The van der Waals surface area contributed by atoms with Crippen LogP contribution in [0.3, 0.4) is 0 Å². The van der Waals surface area contributed by atoms with Crippen LogP contribution in [-0.2, 0) is 0 Å². The molecule has 0 saturated carbocycles. The van der Waals surface area contributed by atoms with Crippen LogP contribution in [0.5, 0.6) is 0 Å². The molecule has 0 unspecified atom stereocenters. The predicted molar refractivity (Wildman–Crippen MR) is 163 cm³/mol. The number of nitrogens with two attached hydrogens (primary N) is 10. The second-order valence-corrected chi connectivity index (χ2v) is 7.61. The highest BCUT2D eigenvalue weighted by Gasteiger charge is 2.13. The molecule has 0 aliphatic rings. The van der Waals surface area contributed by atoms with Crippen molar-refractivity contribution in [3.8, 4) is 0 Å². The van der Waals surface area contributed by atoms with Crippen LogP contribution in [0.2, 0.25) is 0 Å². The molecule has 1 rings (SSSR count). The van der Waals surface area contributed by atoms with Crippen molar-refractivity contribution in [3.05, 3.63) is 34.9 Å². The fourth-order valence-corrected chi connectivity index (χ4v) is 2.15. The van der Waals surface area contributed by atoms with Gasteiger partial charge >= 0.3 is 11.9 Å². The van der Waals surface area contributed by atoms with E-state index in [0.29, 0.717) is 13.1 Å². The van der Waals surface area contributed by atoms with Crippen LogP contribution in [0.25, 0.3) is 0 Å². The molecule has 39 heavy (non-hydrogen) atoms. The van der Waals surface area contributed by atoms with Crippen molar-refractivity contribution in [3.63, 3.8) is 0 Å². The molecule has 1 aromatic carbocycles. The third kappa shape index (κ3) is 43.1. The van der Waals surface area contributed by atoms with Crippen molar-refractivity contribution in [2.24, 2.45) is 57.3 Å². The predicted octanol–water partition coefficient (Wildman–Crippen LogP) is -1.40. The second kappa shape index (κ2) is 42.8. The highest BCUT2D eigenvalue weighted by molar-refractivity contribution is 5.96. The van der Waals surface area contributed by atoms with Crippen molar-refractivity contribution in [1.82, 2.24) is 0 Å². The van der Waals surface area contributed by atoms with Crippen LogP contribution in [0.15, 0.2) is 18.2 Å². The zero-order valence-corrected chi connectivity index (χ0v) is 24.0. The topological polar surface area (TPSA) is 335 Å². The summed E-state index contributed by atoms with van der Waals surface area (Å²) in [5, 5.41) is 17.4. The van der Waals surface area contributed by atoms with Crippen molar-refractivity contribution in [2.75, 3.05) is 59.0 Å². The van der Waals surface area contributed by atoms with Gasteiger partial charge in [0.05, 0.1) is 11.1 Å². The molecule has 14 nitrogen and oxygen atoms in total. The van der Waals surface area contributed by atoms with Gasteiger partial charge in [0, 0.05) is 19.8 Å². The molecule has 14 heteroatoms. The number of carbonyl (C=O) groups is 2. The van der Waals surface area contributed by atoms with Gasteiger partial charge in [-0.2, -0.15) is 0 Å². The van der Waals surface area contributed by atoms with Crippen LogP contribution in [0.1, 0.15) is 71.2 Å². The third-order valence-corrected chi connectivity index (χ3v) is 4.19. The lowest BCUT2D eigenvalue weighted by atomic mass is 10.0. The van der Waals surface area contributed by atoms with Crippen molar-refractivity contribution in [2.45, 2.75) is 51.9 Å². The smallest absolute Gasteiger partial charge is 0.335 e. The van der Waals surface area contributed by atoms with Crippen LogP contribution in [0, 0.1) is 6.92 Å². The molecular formula is C25H60N10O4. The summed E-state index contributed by atoms with van der Waals surface area (Å²) in [6, 6.07) is 4.17. The summed E-state index contributed by atoms with van der Waals surface area (Å²) < 4.78 is 0. The Morgan fingerprint density at radius 2 is 0.769 bits per heavy atom. The Hall–Kier alpha value is -2.24. The first kappa shape index (κ1) is 46.6. The summed E-state index contributed by atoms with van der Waals surface area (Å²) in [6.45, 7) is 7.56. The number of benzene rings is 1. The Morgan fingerprint density at radius 3 is 0.949 bits per heavy atom. The van der Waals surface area contributed by atoms with E-state index in [9.17, 15) is 9.59 Å². The molecule has 0 amide bonds. The van der Waals surface area contributed by atoms with E-state index in [1.165, 1.54) is 38.0 Å². The monoisotopic (exact) mass is 564 g/mol. The lowest BCUT2D eigenvalue weighted by Gasteiger charge is -2.03. The van der Waals surface area contributed by atoms with E-state index in [2.05, 4.69) is 11.5 Å². The molecule has 0 atom stereocenters. The normalized spacial score (nSPS) is 8.90. The van der Waals surface area contributed by atoms with E-state index in [-0.39, 0.29) is 23.4 Å². The fraction of sp³-hybridized carbons (Fsp3) is 0.680. The molecule has 0 bridgehead atoms. The van der Waals surface area contributed by atoms with Crippen LogP contribution in [0.4, 0.5) is 0 Å². The SMILES string of the molecule is Cc1c(C(=O)O)cccc1C(=O)O.NCCCCCCN.NCCCCN.NCCCN.NCCN.NCN. The van der Waals surface area contributed by atoms with E-state index in [4.69, 9.17) is 56.1 Å². The average Bonchev–Trinajstić information content (AvgIpc) is 2.92. The molecule has 0 aliphatic carbocycles. The minimum Gasteiger partial charge on any atom is -0.478 e. The molecule has 22 N–H and O–H groups in total. The zero-order chi connectivity index (χ0) is 31.3. The Balaban J connectivity index is -0.000000129. The number of carboxylic acids is 2. The van der Waals surface area contributed by atoms with Gasteiger partial charge in [0.15, 0.2) is 0 Å². The van der Waals surface area contributed by atoms with Crippen LogP contribution >= 0.6 is 0 Å². The standard InChI is InChI=1S/C9H8O4.C6H16N2.C4H12N2.C3H10N2.C2H8N2.CH6N2/c1-5-6(8(10)11)3-2-4-7(5)9(12)13;7-5-3-1-2-4-6-8;5-3-1-2-4-6;4-2-1-3-5;3-1-2-4;2-1-3/h2-4H,1H3,(H,10,11)(H,12,13);1-8H2;1-6H2;1-5H2;1-4H2;1-3H2. The molecule has 0 aromatic heterocycles. The summed E-state index contributed by atoms with van der Waals surface area (Å²) >= 11 is 0. The van der Waals surface area contributed by atoms with E-state index in [0.717, 1.165) is 71.4 Å². The van der Waals surface area contributed by atoms with Gasteiger partial charge in [-0.05, 0) is 96.0 Å². The molecule has 1 aromatic rings. The van der Waals surface area contributed by atoms with Gasteiger partial charge in [-0.3, -0.25) is 0 Å². The van der Waals surface area contributed by atoms with Crippen molar-refractivity contribution in [1.29, 1.82) is 0 Å². The molecule has 0 heterocycles. The van der Waals surface area contributed by atoms with Crippen LogP contribution < -0.4 is 57.3 Å². The number of unbranched alkanes of at least 4 members (excludes halogenated alkanes) is 4. The van der Waals surface area contributed by atoms with E-state index < -0.39 is 11.9 Å². The second-order valence-electron chi connectivity index (χ2n) is 7.61. The average molecular weight is 565 g/mol. The molecular weight excluding hydrogens is 504 g/mol. The molecule has 234 valence electrons. The quantitative estimate of drug-likeness (QED) is 0.0967. The van der Waals surface area contributed by atoms with Gasteiger partial charge in [-0.15, -0.1) is 0 Å². The number of hydrogen-bond donors (Lipinski definition) is 12. The Labute approximate surface area is 235 Å². The van der Waals surface area contributed by atoms with Crippen LogP contribution in [-0.4, -0.2) is 81.2 Å². The lowest BCUT2D eigenvalue weighted by Crippen LogP contribution is -2.11. The maximum absolute atomic E-state index is 10.6. The maximum Gasteiger partial charge on any atom is 0.335 e. The van der Waals surface area contributed by atoms with Crippen molar-refractivity contribution < 1.29 is 19.8 Å². The van der Waals surface area contributed by atoms with Gasteiger partial charge in [0.25, 0.3) is 0 Å². The molecule has 0 radical (unpaired) electrons. The highest BCUT2D eigenvalue weighted by atomic mass is 16.4. The number of hydrogen-bond acceptors (Lipinski definition) is 12. The summed E-state index contributed by atoms with van der Waals surface area (Å²) in [6.07, 6.45) is 7.87. The first-order valence-electron chi connectivity index (χ1n) is 13.2. The number of rotatable bonds is 13. The van der Waals surface area contributed by atoms with E-state index in [1.807, 2.05) is 0 Å². The fourth-order valence-electron chi connectivity index (χ4n) is 2.15. The van der Waals surface area contributed by atoms with E-state index >= 15 is 0 Å². The van der Waals surface area contributed by atoms with Gasteiger partial charge in [-0.25, -0.2) is 9.59 Å². The summed E-state index contributed by atoms with van der Waals surface area (Å²) in [7, 11) is 0. The zero-order valence-electron chi connectivity index (χ0n) is 24.0. The molecule has 0 saturated heterocycles. The molecule has 0 spiro atoms. The first-order chi connectivity index (χ1) is 18.6. The van der Waals surface area contributed by atoms with Crippen molar-refractivity contribution >= 4 is 11.9 Å². The minimum atomic E-state index is -1.11. The summed E-state index contributed by atoms with van der Waals surface area (Å²) in [5.41, 5.74) is 50.4. The molecule has 0 fully saturated rings.